The van der Waals surface area contributed by atoms with Gasteiger partial charge in [0.2, 0.25) is 0 Å². The van der Waals surface area contributed by atoms with Crippen LogP contribution in [0, 0.1) is 13.8 Å². The number of para-hydroxylation sites is 1. The normalized spacial score (nSPS) is 12.6. The fourth-order valence-corrected chi connectivity index (χ4v) is 4.92. The fourth-order valence-electron chi connectivity index (χ4n) is 4.92. The lowest BCUT2D eigenvalue weighted by Gasteiger charge is -2.22. The van der Waals surface area contributed by atoms with Crippen molar-refractivity contribution in [2.24, 2.45) is 7.05 Å². The molecule has 200 valence electrons. The Morgan fingerprint density at radius 1 is 1.03 bits per heavy atom. The van der Waals surface area contributed by atoms with Gasteiger partial charge >= 0.3 is 5.97 Å². The van der Waals surface area contributed by atoms with Crippen molar-refractivity contribution < 1.29 is 13.9 Å². The number of esters is 1. The molecule has 1 unspecified atom stereocenters. The summed E-state index contributed by atoms with van der Waals surface area (Å²) in [5, 5.41) is 9.52. The predicted octanol–water partition coefficient (Wildman–Crippen LogP) is 7.09. The largest absolute Gasteiger partial charge is 0.456 e. The summed E-state index contributed by atoms with van der Waals surface area (Å²) in [6.45, 7) is 11.4. The zero-order chi connectivity index (χ0) is 28.1. The van der Waals surface area contributed by atoms with E-state index in [1.54, 1.807) is 12.1 Å². The number of nitrogens with zero attached hydrogens (tertiary/aromatic N) is 2. The number of aryl methyl sites for hydroxylation is 3. The van der Waals surface area contributed by atoms with Gasteiger partial charge in [-0.15, -0.1) is 0 Å². The maximum absolute atomic E-state index is 13.3. The van der Waals surface area contributed by atoms with Crippen molar-refractivity contribution >= 4 is 33.5 Å². The molecule has 0 aliphatic rings. The minimum Gasteiger partial charge on any atom is -0.456 e. The van der Waals surface area contributed by atoms with Crippen LogP contribution in [0.4, 0.5) is 5.69 Å². The van der Waals surface area contributed by atoms with E-state index < -0.39 is 11.6 Å². The Hall–Kier alpha value is -4.39. The molecular weight excluding hydrogens is 490 g/mol. The molecule has 0 amide bonds. The molecule has 0 saturated carbocycles. The van der Waals surface area contributed by atoms with Gasteiger partial charge in [-0.1, -0.05) is 30.3 Å². The Labute approximate surface area is 227 Å². The molecule has 5 aromatic rings. The number of fused-ring (bicyclic) bond motifs is 2. The van der Waals surface area contributed by atoms with Crippen LogP contribution in [0.2, 0.25) is 0 Å². The van der Waals surface area contributed by atoms with E-state index in [4.69, 9.17) is 9.15 Å². The molecule has 1 atom stereocenters. The number of hydrogen-bond donors (Lipinski definition) is 1. The van der Waals surface area contributed by atoms with E-state index in [1.807, 2.05) is 102 Å². The molecule has 7 nitrogen and oxygen atoms in total. The summed E-state index contributed by atoms with van der Waals surface area (Å²) in [5.41, 5.74) is 5.35. The maximum atomic E-state index is 13.3. The van der Waals surface area contributed by atoms with Crippen molar-refractivity contribution in [3.63, 3.8) is 0 Å². The highest BCUT2D eigenvalue weighted by molar-refractivity contribution is 5.96. The van der Waals surface area contributed by atoms with Crippen LogP contribution in [0.5, 0.6) is 0 Å². The monoisotopic (exact) mass is 523 g/mol. The van der Waals surface area contributed by atoms with Gasteiger partial charge in [0.15, 0.2) is 5.43 Å². The molecule has 0 spiro atoms. The third kappa shape index (κ3) is 5.17. The summed E-state index contributed by atoms with van der Waals surface area (Å²) in [6, 6.07) is 18.3. The minimum atomic E-state index is -0.612. The van der Waals surface area contributed by atoms with Crippen LogP contribution in [0.3, 0.4) is 0 Å². The number of aromatic nitrogens is 2. The first-order chi connectivity index (χ1) is 18.4. The Bertz CT molecular complexity index is 1790. The molecule has 0 aliphatic carbocycles. The predicted molar refractivity (Wildman–Crippen MR) is 155 cm³/mol. The van der Waals surface area contributed by atoms with E-state index in [-0.39, 0.29) is 11.5 Å². The van der Waals surface area contributed by atoms with Gasteiger partial charge in [-0.25, -0.2) is 4.79 Å². The molecule has 3 aromatic carbocycles. The van der Waals surface area contributed by atoms with Crippen LogP contribution in [-0.4, -0.2) is 21.4 Å². The van der Waals surface area contributed by atoms with Crippen LogP contribution in [-0.2, 0) is 11.8 Å². The SMILES string of the molecule is Cc1cc(C(C)Nc2ccccc2C(=O)OC(C)(C)C)c2oc(-c3ccc4c(C)nn(C)c4c3)cc(=O)c2c1. The third-order valence-corrected chi connectivity index (χ3v) is 6.71. The minimum absolute atomic E-state index is 0.112. The van der Waals surface area contributed by atoms with Crippen molar-refractivity contribution in [2.75, 3.05) is 5.32 Å². The molecule has 7 heteroatoms. The zero-order valence-corrected chi connectivity index (χ0v) is 23.4. The topological polar surface area (TPSA) is 86.4 Å². The molecule has 2 aromatic heterocycles. The highest BCUT2D eigenvalue weighted by atomic mass is 16.6. The maximum Gasteiger partial charge on any atom is 0.340 e. The zero-order valence-electron chi connectivity index (χ0n) is 23.4. The molecule has 0 aliphatic heterocycles. The third-order valence-electron chi connectivity index (χ3n) is 6.71. The van der Waals surface area contributed by atoms with E-state index >= 15 is 0 Å². The standard InChI is InChI=1S/C32H33N3O4/c1-18-14-24(19(2)33-26-11-9-8-10-23(26)31(37)39-32(4,5)6)30-25(15-18)28(36)17-29(38-30)21-12-13-22-20(3)34-35(7)27(22)16-21/h8-17,19,33H,1-7H3. The Morgan fingerprint density at radius 2 is 1.77 bits per heavy atom. The molecule has 1 N–H and O–H groups in total. The number of nitrogens with one attached hydrogen (secondary N) is 1. The number of anilines is 1. The van der Waals surface area contributed by atoms with Gasteiger partial charge in [0.05, 0.1) is 28.2 Å². The smallest absolute Gasteiger partial charge is 0.340 e. The first kappa shape index (κ1) is 26.2. The fraction of sp³-hybridized carbons (Fsp3) is 0.281. The second-order valence-electron chi connectivity index (χ2n) is 11.1. The molecule has 0 saturated heterocycles. The lowest BCUT2D eigenvalue weighted by Crippen LogP contribution is -2.24. The number of rotatable bonds is 5. The molecule has 0 radical (unpaired) electrons. The highest BCUT2D eigenvalue weighted by Gasteiger charge is 2.22. The summed E-state index contributed by atoms with van der Waals surface area (Å²) in [6.07, 6.45) is 0. The van der Waals surface area contributed by atoms with E-state index in [0.29, 0.717) is 28.0 Å². The van der Waals surface area contributed by atoms with Crippen molar-refractivity contribution in [2.45, 2.75) is 53.2 Å². The lowest BCUT2D eigenvalue weighted by molar-refractivity contribution is 0.00706. The van der Waals surface area contributed by atoms with Crippen LogP contribution in [0.15, 0.2) is 69.9 Å². The summed E-state index contributed by atoms with van der Waals surface area (Å²) >= 11 is 0. The van der Waals surface area contributed by atoms with Crippen molar-refractivity contribution in [3.05, 3.63) is 93.3 Å². The van der Waals surface area contributed by atoms with Crippen LogP contribution < -0.4 is 10.7 Å². The average molecular weight is 524 g/mol. The van der Waals surface area contributed by atoms with Crippen molar-refractivity contribution in [3.8, 4) is 11.3 Å². The van der Waals surface area contributed by atoms with Gasteiger partial charge in [-0.2, -0.15) is 5.10 Å². The Kier molecular flexibility index (Phi) is 6.54. The van der Waals surface area contributed by atoms with Gasteiger partial charge in [-0.05, 0) is 71.4 Å². The van der Waals surface area contributed by atoms with Crippen LogP contribution in [0.25, 0.3) is 33.2 Å². The van der Waals surface area contributed by atoms with E-state index in [9.17, 15) is 9.59 Å². The Morgan fingerprint density at radius 3 is 2.51 bits per heavy atom. The van der Waals surface area contributed by atoms with Crippen molar-refractivity contribution in [1.82, 2.24) is 9.78 Å². The number of carbonyl (C=O) groups is 1. The van der Waals surface area contributed by atoms with E-state index in [0.717, 1.165) is 33.3 Å². The van der Waals surface area contributed by atoms with Crippen molar-refractivity contribution in [1.29, 1.82) is 0 Å². The van der Waals surface area contributed by atoms with Gasteiger partial charge in [0.25, 0.3) is 0 Å². The van der Waals surface area contributed by atoms with Crippen LogP contribution >= 0.6 is 0 Å². The average Bonchev–Trinajstić information content (AvgIpc) is 3.15. The number of carbonyl (C=O) groups excluding carboxylic acids is 1. The number of benzene rings is 3. The summed E-state index contributed by atoms with van der Waals surface area (Å²) in [7, 11) is 1.90. The molecule has 0 bridgehead atoms. The second-order valence-corrected chi connectivity index (χ2v) is 11.1. The molecule has 2 heterocycles. The van der Waals surface area contributed by atoms with Gasteiger partial charge in [-0.3, -0.25) is 9.48 Å². The van der Waals surface area contributed by atoms with Gasteiger partial charge < -0.3 is 14.5 Å². The molecule has 39 heavy (non-hydrogen) atoms. The summed E-state index contributed by atoms with van der Waals surface area (Å²) in [5.74, 6) is 0.0845. The summed E-state index contributed by atoms with van der Waals surface area (Å²) in [4.78, 5) is 26.2. The lowest BCUT2D eigenvalue weighted by atomic mass is 10.00. The van der Waals surface area contributed by atoms with Gasteiger partial charge in [0.1, 0.15) is 16.9 Å². The van der Waals surface area contributed by atoms with Crippen LogP contribution in [0.1, 0.15) is 60.9 Å². The highest BCUT2D eigenvalue weighted by Crippen LogP contribution is 2.33. The quantitative estimate of drug-likeness (QED) is 0.248. The van der Waals surface area contributed by atoms with Gasteiger partial charge in [0, 0.05) is 35.3 Å². The summed E-state index contributed by atoms with van der Waals surface area (Å²) < 4.78 is 13.9. The molecule has 5 rings (SSSR count). The number of hydrogen-bond acceptors (Lipinski definition) is 6. The Balaban J connectivity index is 1.58. The molecule has 0 fully saturated rings. The molecular formula is C32H33N3O4. The van der Waals surface area contributed by atoms with E-state index in [1.165, 1.54) is 0 Å². The second kappa shape index (κ2) is 9.73. The van der Waals surface area contributed by atoms with E-state index in [2.05, 4.69) is 10.4 Å². The first-order valence-electron chi connectivity index (χ1n) is 13.0. The number of ether oxygens (including phenoxy) is 1. The first-order valence-corrected chi connectivity index (χ1v) is 13.0.